The van der Waals surface area contributed by atoms with Crippen LogP contribution in [0.2, 0.25) is 0 Å². The topological polar surface area (TPSA) is 50.5 Å². The van der Waals surface area contributed by atoms with Gasteiger partial charge in [0.2, 0.25) is 0 Å². The molecule has 19 heavy (non-hydrogen) atoms. The summed E-state index contributed by atoms with van der Waals surface area (Å²) in [6.45, 7) is 1.80. The van der Waals surface area contributed by atoms with Crippen molar-refractivity contribution in [2.75, 3.05) is 27.7 Å². The lowest BCUT2D eigenvalue weighted by Crippen LogP contribution is -2.21. The number of aromatic nitrogens is 2. The van der Waals surface area contributed by atoms with Gasteiger partial charge in [-0.1, -0.05) is 0 Å². The summed E-state index contributed by atoms with van der Waals surface area (Å²) >= 11 is 0. The van der Waals surface area contributed by atoms with E-state index in [1.807, 2.05) is 4.68 Å². The molecule has 1 aliphatic rings. The van der Waals surface area contributed by atoms with Crippen molar-refractivity contribution in [3.63, 3.8) is 0 Å². The van der Waals surface area contributed by atoms with E-state index in [0.29, 0.717) is 5.92 Å². The van der Waals surface area contributed by atoms with Crippen molar-refractivity contribution in [2.45, 2.75) is 38.3 Å². The Bertz CT molecular complexity index is 399. The van der Waals surface area contributed by atoms with Gasteiger partial charge >= 0.3 is 0 Å². The molecule has 1 unspecified atom stereocenters. The van der Waals surface area contributed by atoms with Crippen LogP contribution in [0, 0.1) is 5.92 Å². The minimum atomic E-state index is -0.165. The Hall–Kier alpha value is -1.07. The fourth-order valence-corrected chi connectivity index (χ4v) is 2.31. The molecule has 0 aromatic carbocycles. The molecule has 5 heteroatoms. The van der Waals surface area contributed by atoms with Crippen LogP contribution < -0.4 is 4.74 Å². The third-order valence-electron chi connectivity index (χ3n) is 3.73. The summed E-state index contributed by atoms with van der Waals surface area (Å²) in [5, 5.41) is 14.4. The Morgan fingerprint density at radius 1 is 1.53 bits per heavy atom. The Balaban J connectivity index is 1.96. The van der Waals surface area contributed by atoms with Crippen LogP contribution in [-0.4, -0.2) is 53.6 Å². The van der Waals surface area contributed by atoms with E-state index in [-0.39, 0.29) is 6.10 Å². The number of likely N-dealkylation sites (N-methyl/N-ethyl adjacent to an activating group) is 1. The number of nitrogens with zero attached hydrogens (tertiary/aromatic N) is 3. The van der Waals surface area contributed by atoms with Crippen LogP contribution in [0.5, 0.6) is 5.75 Å². The summed E-state index contributed by atoms with van der Waals surface area (Å²) in [5.74, 6) is 1.37. The Kier molecular flexibility index (Phi) is 4.82. The second kappa shape index (κ2) is 6.39. The maximum Gasteiger partial charge on any atom is 0.159 e. The van der Waals surface area contributed by atoms with Crippen LogP contribution in [0.25, 0.3) is 0 Å². The van der Waals surface area contributed by atoms with Gasteiger partial charge in [-0.25, -0.2) is 0 Å². The largest absolute Gasteiger partial charge is 0.493 e. The molecule has 1 aliphatic carbocycles. The fraction of sp³-hybridized carbons (Fsp3) is 0.786. The molecule has 1 aromatic heterocycles. The van der Waals surface area contributed by atoms with Crippen molar-refractivity contribution < 1.29 is 9.84 Å². The molecule has 1 aromatic rings. The predicted octanol–water partition coefficient (Wildman–Crippen LogP) is 1.16. The number of aliphatic hydroxyl groups excluding tert-OH is 1. The highest BCUT2D eigenvalue weighted by Crippen LogP contribution is 2.34. The van der Waals surface area contributed by atoms with Gasteiger partial charge in [-0.15, -0.1) is 0 Å². The number of aliphatic hydroxyl groups is 1. The normalized spacial score (nSPS) is 16.9. The molecule has 1 N–H and O–H groups in total. The third kappa shape index (κ3) is 3.94. The highest BCUT2D eigenvalue weighted by molar-refractivity contribution is 5.25. The first kappa shape index (κ1) is 14.3. The first-order chi connectivity index (χ1) is 9.11. The van der Waals surface area contributed by atoms with Crippen molar-refractivity contribution in [1.82, 2.24) is 14.7 Å². The van der Waals surface area contributed by atoms with Gasteiger partial charge in [0, 0.05) is 6.54 Å². The first-order valence-corrected chi connectivity index (χ1v) is 7.03. The van der Waals surface area contributed by atoms with E-state index in [4.69, 9.17) is 4.74 Å². The zero-order chi connectivity index (χ0) is 13.8. The summed E-state index contributed by atoms with van der Waals surface area (Å²) in [6.07, 6.45) is 5.59. The lowest BCUT2D eigenvalue weighted by Gasteiger charge is -2.14. The standard InChI is InChI=1S/C14H25N3O2/c1-16(2)8-9-17-12(14(19-3)10-15-17)6-7-13(18)11-4-5-11/h10-11,13,18H,4-9H2,1-3H3. The second-order valence-electron chi connectivity index (χ2n) is 5.63. The van der Waals surface area contributed by atoms with Crippen LogP contribution in [0.15, 0.2) is 6.20 Å². The van der Waals surface area contributed by atoms with Crippen molar-refractivity contribution >= 4 is 0 Å². The summed E-state index contributed by atoms with van der Waals surface area (Å²) in [4.78, 5) is 2.14. The maximum atomic E-state index is 9.98. The minimum Gasteiger partial charge on any atom is -0.493 e. The third-order valence-corrected chi connectivity index (χ3v) is 3.73. The van der Waals surface area contributed by atoms with E-state index in [2.05, 4.69) is 24.1 Å². The summed E-state index contributed by atoms with van der Waals surface area (Å²) in [5.41, 5.74) is 1.10. The number of rotatable bonds is 8. The fourth-order valence-electron chi connectivity index (χ4n) is 2.31. The van der Waals surface area contributed by atoms with E-state index in [1.165, 1.54) is 12.8 Å². The van der Waals surface area contributed by atoms with Crippen LogP contribution in [0.1, 0.15) is 25.0 Å². The van der Waals surface area contributed by atoms with Gasteiger partial charge in [0.25, 0.3) is 0 Å². The average Bonchev–Trinajstić information content (AvgIpc) is 3.15. The van der Waals surface area contributed by atoms with E-state index in [0.717, 1.165) is 37.4 Å². The monoisotopic (exact) mass is 267 g/mol. The number of ether oxygens (including phenoxy) is 1. The van der Waals surface area contributed by atoms with E-state index in [9.17, 15) is 5.11 Å². The Morgan fingerprint density at radius 3 is 2.84 bits per heavy atom. The Morgan fingerprint density at radius 2 is 2.26 bits per heavy atom. The van der Waals surface area contributed by atoms with Crippen LogP contribution >= 0.6 is 0 Å². The van der Waals surface area contributed by atoms with Gasteiger partial charge in [-0.05, 0) is 45.7 Å². The van der Waals surface area contributed by atoms with E-state index < -0.39 is 0 Å². The van der Waals surface area contributed by atoms with Gasteiger partial charge in [0.05, 0.1) is 31.6 Å². The number of hydrogen-bond acceptors (Lipinski definition) is 4. The zero-order valence-electron chi connectivity index (χ0n) is 12.2. The molecule has 0 amide bonds. The van der Waals surface area contributed by atoms with Gasteiger partial charge < -0.3 is 14.7 Å². The molecule has 0 bridgehead atoms. The lowest BCUT2D eigenvalue weighted by molar-refractivity contribution is 0.141. The van der Waals surface area contributed by atoms with E-state index >= 15 is 0 Å². The molecule has 1 atom stereocenters. The van der Waals surface area contributed by atoms with Gasteiger partial charge in [-0.2, -0.15) is 5.10 Å². The molecule has 1 saturated carbocycles. The molecule has 2 rings (SSSR count). The molecule has 0 aliphatic heterocycles. The molecule has 1 heterocycles. The van der Waals surface area contributed by atoms with Gasteiger partial charge in [-0.3, -0.25) is 4.68 Å². The highest BCUT2D eigenvalue weighted by Gasteiger charge is 2.29. The van der Waals surface area contributed by atoms with Crippen molar-refractivity contribution in [1.29, 1.82) is 0 Å². The van der Waals surface area contributed by atoms with Crippen LogP contribution in [0.4, 0.5) is 0 Å². The van der Waals surface area contributed by atoms with Crippen molar-refractivity contribution in [3.05, 3.63) is 11.9 Å². The SMILES string of the molecule is COc1cnn(CCN(C)C)c1CCC(O)C1CC1. The molecule has 0 spiro atoms. The zero-order valence-corrected chi connectivity index (χ0v) is 12.2. The Labute approximate surface area is 115 Å². The summed E-state index contributed by atoms with van der Waals surface area (Å²) in [6, 6.07) is 0. The summed E-state index contributed by atoms with van der Waals surface area (Å²) < 4.78 is 7.36. The lowest BCUT2D eigenvalue weighted by atomic mass is 10.1. The molecule has 0 saturated heterocycles. The molecule has 1 fully saturated rings. The minimum absolute atomic E-state index is 0.165. The molecular formula is C14H25N3O2. The number of methoxy groups -OCH3 is 1. The quantitative estimate of drug-likeness (QED) is 0.768. The van der Waals surface area contributed by atoms with Crippen molar-refractivity contribution in [2.24, 2.45) is 5.92 Å². The predicted molar refractivity (Wildman–Crippen MR) is 74.4 cm³/mol. The highest BCUT2D eigenvalue weighted by atomic mass is 16.5. The molecule has 5 nitrogen and oxygen atoms in total. The smallest absolute Gasteiger partial charge is 0.159 e. The number of hydrogen-bond donors (Lipinski definition) is 1. The average molecular weight is 267 g/mol. The summed E-state index contributed by atoms with van der Waals surface area (Å²) in [7, 11) is 5.78. The van der Waals surface area contributed by atoms with Gasteiger partial charge in [0.15, 0.2) is 5.75 Å². The van der Waals surface area contributed by atoms with Crippen LogP contribution in [0.3, 0.4) is 0 Å². The first-order valence-electron chi connectivity index (χ1n) is 7.03. The molecule has 108 valence electrons. The molecular weight excluding hydrogens is 242 g/mol. The van der Waals surface area contributed by atoms with E-state index in [1.54, 1.807) is 13.3 Å². The maximum absolute atomic E-state index is 9.98. The van der Waals surface area contributed by atoms with Crippen molar-refractivity contribution in [3.8, 4) is 5.75 Å². The molecule has 0 radical (unpaired) electrons. The van der Waals surface area contributed by atoms with Gasteiger partial charge in [0.1, 0.15) is 0 Å². The second-order valence-corrected chi connectivity index (χ2v) is 5.63. The van der Waals surface area contributed by atoms with Crippen LogP contribution in [-0.2, 0) is 13.0 Å².